The number of ether oxygens (including phenoxy) is 1. The van der Waals surface area contributed by atoms with Gasteiger partial charge in [0.1, 0.15) is 0 Å². The van der Waals surface area contributed by atoms with E-state index in [0.29, 0.717) is 0 Å². The van der Waals surface area contributed by atoms with Crippen LogP contribution in [-0.4, -0.2) is 55.1 Å². The number of nitrogens with one attached hydrogen (secondary N) is 1. The molecule has 0 spiro atoms. The number of sulfonamides is 1. The van der Waals surface area contributed by atoms with Gasteiger partial charge >= 0.3 is 177 Å². The Morgan fingerprint density at radius 1 is 1.16 bits per heavy atom. The predicted molar refractivity (Wildman–Crippen MR) is 138 cm³/mol. The summed E-state index contributed by atoms with van der Waals surface area (Å²) in [5.74, 6) is 5.52. The molecular weight excluding hydrogens is 605 g/mol. The van der Waals surface area contributed by atoms with Gasteiger partial charge in [-0.1, -0.05) is 0 Å². The molecule has 0 unspecified atom stereocenters. The van der Waals surface area contributed by atoms with Crippen LogP contribution >= 0.6 is 11.6 Å². The van der Waals surface area contributed by atoms with E-state index in [9.17, 15) is 26.4 Å². The van der Waals surface area contributed by atoms with E-state index in [1.54, 1.807) is 18.2 Å². The van der Waals surface area contributed by atoms with Crippen molar-refractivity contribution < 1.29 is 31.1 Å². The van der Waals surface area contributed by atoms with Crippen LogP contribution in [0.3, 0.4) is 0 Å². The Bertz CT molecular complexity index is 1470. The Balaban J connectivity index is 1.44. The number of carbonyl (C=O) groups is 1. The van der Waals surface area contributed by atoms with Gasteiger partial charge < -0.3 is 4.74 Å². The Kier molecular flexibility index (Phi) is 7.63. The zero-order chi connectivity index (χ0) is 27.9. The second-order valence-electron chi connectivity index (χ2n) is 10.2. The third kappa shape index (κ3) is 6.02. The molecule has 1 aliphatic carbocycles. The zero-order valence-electron chi connectivity index (χ0n) is 20.8. The van der Waals surface area contributed by atoms with E-state index in [2.05, 4.69) is 14.8 Å². The average molecular weight is 632 g/mol. The second-order valence-corrected chi connectivity index (χ2v) is 22.7. The third-order valence-electron chi connectivity index (χ3n) is 6.38. The first-order valence-corrected chi connectivity index (χ1v) is 20.9. The molecular formula is C24H26ClF3GeN4O4S. The van der Waals surface area contributed by atoms with E-state index in [1.807, 2.05) is 17.3 Å². The topological polar surface area (TPSA) is 103 Å². The first kappa shape index (κ1) is 28.4. The number of halogens is 4. The molecule has 0 aliphatic heterocycles. The summed E-state index contributed by atoms with van der Waals surface area (Å²) in [5, 5.41) is 3.88. The van der Waals surface area contributed by atoms with Crippen LogP contribution in [0.15, 0.2) is 53.6 Å². The van der Waals surface area contributed by atoms with E-state index in [0.717, 1.165) is 4.40 Å². The van der Waals surface area contributed by atoms with Gasteiger partial charge in [-0.25, -0.2) is 0 Å². The van der Waals surface area contributed by atoms with Gasteiger partial charge in [-0.2, -0.15) is 13.2 Å². The molecule has 38 heavy (non-hydrogen) atoms. The second kappa shape index (κ2) is 10.2. The van der Waals surface area contributed by atoms with Crippen molar-refractivity contribution in [2.24, 2.45) is 5.41 Å². The molecule has 0 radical (unpaired) electrons. The summed E-state index contributed by atoms with van der Waals surface area (Å²) in [5.41, 5.74) is -1.81. The van der Waals surface area contributed by atoms with Crippen molar-refractivity contribution in [3.05, 3.63) is 59.4 Å². The molecule has 0 atom stereocenters. The molecule has 1 N–H and O–H groups in total. The van der Waals surface area contributed by atoms with Gasteiger partial charge in [-0.05, 0) is 19.3 Å². The minimum absolute atomic E-state index is 0.0634. The summed E-state index contributed by atoms with van der Waals surface area (Å²) in [6.07, 6.45) is -2.72. The maximum absolute atomic E-state index is 13.1. The van der Waals surface area contributed by atoms with E-state index in [-0.39, 0.29) is 53.2 Å². The van der Waals surface area contributed by atoms with Gasteiger partial charge in [0, 0.05) is 0 Å². The number of hydrogen-bond acceptors (Lipinski definition) is 6. The van der Waals surface area contributed by atoms with Crippen LogP contribution < -0.4 is 13.9 Å². The molecule has 1 fully saturated rings. The normalized spacial score (nSPS) is 15.2. The van der Waals surface area contributed by atoms with Crippen molar-refractivity contribution in [1.82, 2.24) is 19.5 Å². The number of amides is 1. The van der Waals surface area contributed by atoms with Gasteiger partial charge in [0.15, 0.2) is 0 Å². The Hall–Kier alpha value is -2.58. The van der Waals surface area contributed by atoms with E-state index in [4.69, 9.17) is 16.3 Å². The first-order valence-electron chi connectivity index (χ1n) is 11.7. The standard InChI is InChI=1S/C24H26ClF3GeN4O4S/c1-29(2,3)17-6-4-5-7-18(17)38(35,36)32-22(34)16-8-9-19(30-21(16)25)33-14-10-20(31-33)37-15-13-23(11-12-23)24(26,27)28/h4-10,14H,11-13,15H2,1-3H3,(H,32,34). The van der Waals surface area contributed by atoms with Gasteiger partial charge in [0.2, 0.25) is 0 Å². The van der Waals surface area contributed by atoms with Crippen LogP contribution in [0.2, 0.25) is 22.4 Å². The minimum atomic E-state index is -4.25. The summed E-state index contributed by atoms with van der Waals surface area (Å²) >= 11 is 3.63. The number of pyridine rings is 1. The van der Waals surface area contributed by atoms with Crippen LogP contribution in [0.25, 0.3) is 5.82 Å². The molecule has 204 valence electrons. The van der Waals surface area contributed by atoms with Crippen LogP contribution in [0, 0.1) is 5.41 Å². The number of rotatable bonds is 9. The molecule has 0 bridgehead atoms. The third-order valence-corrected chi connectivity index (χ3v) is 12.7. The molecule has 1 aromatic carbocycles. The van der Waals surface area contributed by atoms with E-state index >= 15 is 0 Å². The van der Waals surface area contributed by atoms with Crippen molar-refractivity contribution >= 4 is 45.2 Å². The van der Waals surface area contributed by atoms with Gasteiger partial charge in [-0.15, -0.1) is 0 Å². The molecule has 1 saturated carbocycles. The summed E-state index contributed by atoms with van der Waals surface area (Å²) in [7, 11) is -4.17. The fourth-order valence-corrected chi connectivity index (χ4v) is 10.7. The molecule has 8 nitrogen and oxygen atoms in total. The first-order chi connectivity index (χ1) is 17.6. The van der Waals surface area contributed by atoms with Crippen LogP contribution in [0.1, 0.15) is 29.6 Å². The molecule has 2 heterocycles. The van der Waals surface area contributed by atoms with Crippen molar-refractivity contribution in [2.75, 3.05) is 6.61 Å². The number of benzene rings is 1. The SMILES string of the molecule is [CH3][Ge]([CH3])([CH3])[c]1ccccc1S(=O)(=O)NC(=O)c1ccc(-n2ccc(OCCC3(C(F)(F)F)CC3)n2)nc1Cl. The van der Waals surface area contributed by atoms with Gasteiger partial charge in [-0.3, -0.25) is 0 Å². The Morgan fingerprint density at radius 2 is 1.84 bits per heavy atom. The number of hydrogen-bond donors (Lipinski definition) is 1. The summed E-state index contributed by atoms with van der Waals surface area (Å²) in [4.78, 5) is 17.0. The van der Waals surface area contributed by atoms with E-state index in [1.165, 1.54) is 35.1 Å². The number of nitrogens with zero attached hydrogens (tertiary/aromatic N) is 3. The molecule has 3 aromatic rings. The van der Waals surface area contributed by atoms with Crippen LogP contribution in [-0.2, 0) is 10.0 Å². The number of aromatic nitrogens is 3. The maximum atomic E-state index is 13.1. The number of carbonyl (C=O) groups excluding carboxylic acids is 1. The van der Waals surface area contributed by atoms with Crippen LogP contribution in [0.5, 0.6) is 5.88 Å². The monoisotopic (exact) mass is 632 g/mol. The fraction of sp³-hybridized carbons (Fsp3) is 0.375. The average Bonchev–Trinajstić information content (AvgIpc) is 3.48. The molecule has 2 aromatic heterocycles. The predicted octanol–water partition coefficient (Wildman–Crippen LogP) is 4.70. The number of alkyl halides is 3. The van der Waals surface area contributed by atoms with Gasteiger partial charge in [0.25, 0.3) is 0 Å². The molecule has 4 rings (SSSR count). The summed E-state index contributed by atoms with van der Waals surface area (Å²) in [6.45, 7) is -0.139. The molecule has 1 aliphatic rings. The Morgan fingerprint density at radius 3 is 2.45 bits per heavy atom. The van der Waals surface area contributed by atoms with Crippen molar-refractivity contribution in [3.8, 4) is 11.7 Å². The molecule has 1 amide bonds. The molecule has 14 heteroatoms. The molecule has 0 saturated heterocycles. The van der Waals surface area contributed by atoms with Crippen molar-refractivity contribution in [2.45, 2.75) is 47.6 Å². The Labute approximate surface area is 226 Å². The van der Waals surface area contributed by atoms with E-state index < -0.39 is 40.8 Å². The fourth-order valence-electron chi connectivity index (χ4n) is 3.96. The zero-order valence-corrected chi connectivity index (χ0v) is 24.5. The quantitative estimate of drug-likeness (QED) is 0.272. The van der Waals surface area contributed by atoms with Gasteiger partial charge in [0.05, 0.1) is 12.0 Å². The van der Waals surface area contributed by atoms with Crippen molar-refractivity contribution in [1.29, 1.82) is 0 Å². The summed E-state index contributed by atoms with van der Waals surface area (Å²) in [6, 6.07) is 10.8. The van der Waals surface area contributed by atoms with Crippen LogP contribution in [0.4, 0.5) is 13.2 Å². The van der Waals surface area contributed by atoms with Crippen molar-refractivity contribution in [3.63, 3.8) is 0 Å². The summed E-state index contributed by atoms with van der Waals surface area (Å²) < 4.78 is 74.7.